The first-order valence-electron chi connectivity index (χ1n) is 10.8. The molecule has 2 N–H and O–H groups in total. The number of carbonyl (C=O) groups excluding carboxylic acids is 2. The molecule has 0 aromatic heterocycles. The van der Waals surface area contributed by atoms with Crippen LogP contribution >= 0.6 is 0 Å². The van der Waals surface area contributed by atoms with Gasteiger partial charge in [-0.15, -0.1) is 0 Å². The van der Waals surface area contributed by atoms with E-state index in [4.69, 9.17) is 0 Å². The summed E-state index contributed by atoms with van der Waals surface area (Å²) >= 11 is 0. The van der Waals surface area contributed by atoms with Crippen molar-refractivity contribution in [3.05, 3.63) is 42.0 Å². The van der Waals surface area contributed by atoms with E-state index in [0.29, 0.717) is 18.4 Å². The maximum atomic E-state index is 12.4. The minimum Gasteiger partial charge on any atom is -0.353 e. The average Bonchev–Trinajstić information content (AvgIpc) is 2.66. The summed E-state index contributed by atoms with van der Waals surface area (Å²) in [5.74, 6) is 2.56. The van der Waals surface area contributed by atoms with Gasteiger partial charge in [0.05, 0.1) is 0 Å². The van der Waals surface area contributed by atoms with Crippen LogP contribution in [0.4, 0.5) is 0 Å². The fourth-order valence-corrected chi connectivity index (χ4v) is 6.27. The van der Waals surface area contributed by atoms with Gasteiger partial charge in [0.15, 0.2) is 0 Å². The van der Waals surface area contributed by atoms with E-state index in [0.717, 1.165) is 23.3 Å². The molecule has 4 aliphatic rings. The van der Waals surface area contributed by atoms with Crippen LogP contribution in [0.25, 0.3) is 6.08 Å². The second kappa shape index (κ2) is 8.10. The summed E-state index contributed by atoms with van der Waals surface area (Å²) in [4.78, 5) is 24.3. The highest BCUT2D eigenvalue weighted by Gasteiger charge is 2.53. The molecule has 0 spiro atoms. The van der Waals surface area contributed by atoms with Gasteiger partial charge in [-0.1, -0.05) is 30.3 Å². The average molecular weight is 381 g/mol. The van der Waals surface area contributed by atoms with Crippen LogP contribution in [0.15, 0.2) is 36.4 Å². The van der Waals surface area contributed by atoms with E-state index in [1.807, 2.05) is 30.3 Å². The first-order valence-corrected chi connectivity index (χ1v) is 10.8. The van der Waals surface area contributed by atoms with Gasteiger partial charge in [-0.2, -0.15) is 0 Å². The Bertz CT molecular complexity index is 705. The summed E-state index contributed by atoms with van der Waals surface area (Å²) in [5, 5.41) is 6.07. The van der Waals surface area contributed by atoms with Gasteiger partial charge in [-0.25, -0.2) is 0 Å². The molecule has 4 nitrogen and oxygen atoms in total. The quantitative estimate of drug-likeness (QED) is 0.704. The summed E-state index contributed by atoms with van der Waals surface area (Å²) in [5.41, 5.74) is 1.31. The van der Waals surface area contributed by atoms with Crippen LogP contribution in [-0.4, -0.2) is 24.4 Å². The Morgan fingerprint density at radius 3 is 2.29 bits per heavy atom. The highest BCUT2D eigenvalue weighted by molar-refractivity contribution is 5.92. The molecule has 150 valence electrons. The molecule has 4 fully saturated rings. The molecule has 0 saturated heterocycles. The highest BCUT2D eigenvalue weighted by Crippen LogP contribution is 2.61. The Balaban J connectivity index is 1.20. The van der Waals surface area contributed by atoms with Crippen LogP contribution in [0, 0.1) is 23.2 Å². The molecular formula is C24H32N2O2. The lowest BCUT2D eigenvalue weighted by molar-refractivity contribution is -0.125. The Morgan fingerprint density at radius 1 is 1.07 bits per heavy atom. The van der Waals surface area contributed by atoms with E-state index in [2.05, 4.69) is 17.6 Å². The van der Waals surface area contributed by atoms with Gasteiger partial charge in [0.1, 0.15) is 0 Å². The third-order valence-corrected chi connectivity index (χ3v) is 7.26. The third-order valence-electron chi connectivity index (χ3n) is 7.26. The molecule has 4 saturated carbocycles. The van der Waals surface area contributed by atoms with Gasteiger partial charge in [0, 0.05) is 25.1 Å². The molecule has 1 aromatic rings. The zero-order valence-electron chi connectivity index (χ0n) is 16.8. The molecule has 0 aliphatic heterocycles. The van der Waals surface area contributed by atoms with Crippen LogP contribution in [-0.2, 0) is 9.59 Å². The molecule has 0 heterocycles. The zero-order valence-corrected chi connectivity index (χ0v) is 16.8. The lowest BCUT2D eigenvalue weighted by Crippen LogP contribution is -2.56. The minimum atomic E-state index is -0.161. The lowest BCUT2D eigenvalue weighted by Gasteiger charge is -2.59. The number of hydrogen-bond acceptors (Lipinski definition) is 2. The topological polar surface area (TPSA) is 58.2 Å². The number of carbonyl (C=O) groups is 2. The Morgan fingerprint density at radius 2 is 1.68 bits per heavy atom. The molecule has 4 heteroatoms. The fourth-order valence-electron chi connectivity index (χ4n) is 6.27. The van der Waals surface area contributed by atoms with E-state index in [1.54, 1.807) is 6.08 Å². The van der Waals surface area contributed by atoms with Gasteiger partial charge in [-0.3, -0.25) is 9.59 Å². The summed E-state index contributed by atoms with van der Waals surface area (Å²) in [6, 6.07) is 9.95. The van der Waals surface area contributed by atoms with E-state index >= 15 is 0 Å². The number of rotatable bonds is 7. The maximum Gasteiger partial charge on any atom is 0.244 e. The molecule has 2 amide bonds. The van der Waals surface area contributed by atoms with Crippen molar-refractivity contribution < 1.29 is 9.59 Å². The zero-order chi connectivity index (χ0) is 19.6. The Labute approximate surface area is 168 Å². The van der Waals surface area contributed by atoms with Gasteiger partial charge in [0.2, 0.25) is 11.8 Å². The molecule has 1 atom stereocenters. The van der Waals surface area contributed by atoms with Crippen molar-refractivity contribution in [3.63, 3.8) is 0 Å². The summed E-state index contributed by atoms with van der Waals surface area (Å²) < 4.78 is 0. The molecular weight excluding hydrogens is 348 g/mol. The van der Waals surface area contributed by atoms with Crippen molar-refractivity contribution in [1.29, 1.82) is 0 Å². The summed E-state index contributed by atoms with van der Waals surface area (Å²) in [6.45, 7) is 2.57. The first kappa shape index (κ1) is 19.2. The van der Waals surface area contributed by atoms with Gasteiger partial charge in [0.25, 0.3) is 0 Å². The van der Waals surface area contributed by atoms with Crippen molar-refractivity contribution in [3.8, 4) is 0 Å². The predicted molar refractivity (Wildman–Crippen MR) is 111 cm³/mol. The Kier molecular flexibility index (Phi) is 5.56. The normalized spacial score (nSPS) is 31.7. The number of benzene rings is 1. The van der Waals surface area contributed by atoms with Crippen LogP contribution in [0.3, 0.4) is 0 Å². The smallest absolute Gasteiger partial charge is 0.244 e. The molecule has 28 heavy (non-hydrogen) atoms. The monoisotopic (exact) mass is 380 g/mol. The number of nitrogens with one attached hydrogen (secondary N) is 2. The molecule has 0 radical (unpaired) electrons. The third kappa shape index (κ3) is 4.31. The van der Waals surface area contributed by atoms with Crippen molar-refractivity contribution in [1.82, 2.24) is 10.6 Å². The number of hydrogen-bond donors (Lipinski definition) is 2. The van der Waals surface area contributed by atoms with Gasteiger partial charge >= 0.3 is 0 Å². The van der Waals surface area contributed by atoms with Crippen molar-refractivity contribution in [2.24, 2.45) is 23.2 Å². The van der Waals surface area contributed by atoms with E-state index in [-0.39, 0.29) is 17.9 Å². The number of amides is 2. The molecule has 4 aliphatic carbocycles. The standard InChI is InChI=1S/C24H32N2O2/c1-17(24-14-19-11-20(15-24)13-21(12-19)16-24)26-23(28)9-10-25-22(27)8-7-18-5-3-2-4-6-18/h2-8,17,19-21H,9-16H2,1H3,(H,25,27)(H,26,28)/b8-7+/t17-,19?,20?,21?,24?/m1/s1. The second-order valence-electron chi connectivity index (χ2n) is 9.35. The maximum absolute atomic E-state index is 12.4. The molecule has 1 aromatic carbocycles. The van der Waals surface area contributed by atoms with Crippen molar-refractivity contribution in [2.45, 2.75) is 57.9 Å². The summed E-state index contributed by atoms with van der Waals surface area (Å²) in [7, 11) is 0. The largest absolute Gasteiger partial charge is 0.353 e. The van der Waals surface area contributed by atoms with Crippen LogP contribution < -0.4 is 10.6 Å². The van der Waals surface area contributed by atoms with Crippen LogP contribution in [0.2, 0.25) is 0 Å². The highest BCUT2D eigenvalue weighted by atomic mass is 16.2. The predicted octanol–water partition coefficient (Wildman–Crippen LogP) is 3.93. The molecule has 5 rings (SSSR count). The first-order chi connectivity index (χ1) is 13.5. The van der Waals surface area contributed by atoms with E-state index in [9.17, 15) is 9.59 Å². The van der Waals surface area contributed by atoms with Gasteiger partial charge < -0.3 is 10.6 Å². The minimum absolute atomic E-state index is 0.0515. The lowest BCUT2D eigenvalue weighted by atomic mass is 9.48. The fraction of sp³-hybridized carbons (Fsp3) is 0.583. The van der Waals surface area contributed by atoms with Crippen molar-refractivity contribution >= 4 is 17.9 Å². The Hall–Kier alpha value is -2.10. The van der Waals surface area contributed by atoms with E-state index < -0.39 is 0 Å². The van der Waals surface area contributed by atoms with E-state index in [1.165, 1.54) is 44.6 Å². The van der Waals surface area contributed by atoms with Crippen LogP contribution in [0.5, 0.6) is 0 Å². The SMILES string of the molecule is C[C@@H](NC(=O)CCNC(=O)/C=C/c1ccccc1)C12CC3CC(CC(C3)C1)C2. The molecule has 4 bridgehead atoms. The molecule has 0 unspecified atom stereocenters. The second-order valence-corrected chi connectivity index (χ2v) is 9.35. The van der Waals surface area contributed by atoms with Crippen LogP contribution in [0.1, 0.15) is 57.4 Å². The van der Waals surface area contributed by atoms with Crippen molar-refractivity contribution in [2.75, 3.05) is 6.54 Å². The summed E-state index contributed by atoms with van der Waals surface area (Å²) in [6.07, 6.45) is 11.8. The van der Waals surface area contributed by atoms with Gasteiger partial charge in [-0.05, 0) is 80.3 Å².